The lowest BCUT2D eigenvalue weighted by Gasteiger charge is -2.17. The van der Waals surface area contributed by atoms with E-state index < -0.39 is 0 Å². The Morgan fingerprint density at radius 1 is 1.36 bits per heavy atom. The third-order valence-electron chi connectivity index (χ3n) is 3.01. The van der Waals surface area contributed by atoms with Gasteiger partial charge < -0.3 is 0 Å². The number of carbonyl (C=O) groups is 1. The van der Waals surface area contributed by atoms with Crippen molar-refractivity contribution in [3.05, 3.63) is 34.4 Å². The molecule has 1 aromatic carbocycles. The fourth-order valence-electron chi connectivity index (χ4n) is 1.97. The van der Waals surface area contributed by atoms with Gasteiger partial charge in [-0.05, 0) is 42.9 Å². The van der Waals surface area contributed by atoms with Crippen LogP contribution in [0.15, 0.2) is 12.1 Å². The average molecular weight is 190 g/mol. The van der Waals surface area contributed by atoms with Crippen LogP contribution in [-0.4, -0.2) is 6.29 Å². The molecule has 0 aliphatic rings. The van der Waals surface area contributed by atoms with E-state index in [0.717, 1.165) is 23.8 Å². The summed E-state index contributed by atoms with van der Waals surface area (Å²) in [6.45, 7) is 8.54. The van der Waals surface area contributed by atoms with Crippen LogP contribution in [0, 0.1) is 13.8 Å². The number of hydrogen-bond donors (Lipinski definition) is 0. The lowest BCUT2D eigenvalue weighted by atomic mass is 9.88. The molecule has 1 heteroatoms. The van der Waals surface area contributed by atoms with Crippen LogP contribution in [0.1, 0.15) is 53.2 Å². The number of rotatable bonds is 3. The highest BCUT2D eigenvalue weighted by molar-refractivity contribution is 5.78. The first kappa shape index (κ1) is 11.0. The Labute approximate surface area is 86.1 Å². The quantitative estimate of drug-likeness (QED) is 0.665. The largest absolute Gasteiger partial charge is 0.298 e. The van der Waals surface area contributed by atoms with Crippen molar-refractivity contribution in [3.63, 3.8) is 0 Å². The first-order valence-corrected chi connectivity index (χ1v) is 5.17. The van der Waals surface area contributed by atoms with Crippen LogP contribution in [0.25, 0.3) is 0 Å². The molecule has 0 aliphatic heterocycles. The summed E-state index contributed by atoms with van der Waals surface area (Å²) in [6, 6.07) is 3.95. The summed E-state index contributed by atoms with van der Waals surface area (Å²) < 4.78 is 0. The Bertz CT molecular complexity index is 339. The molecule has 0 N–H and O–H groups in total. The van der Waals surface area contributed by atoms with Gasteiger partial charge in [0.05, 0.1) is 0 Å². The van der Waals surface area contributed by atoms with Gasteiger partial charge in [-0.1, -0.05) is 26.0 Å². The Hall–Kier alpha value is -1.11. The van der Waals surface area contributed by atoms with Gasteiger partial charge in [0, 0.05) is 5.56 Å². The van der Waals surface area contributed by atoms with Crippen LogP contribution < -0.4 is 0 Å². The summed E-state index contributed by atoms with van der Waals surface area (Å²) in [6.07, 6.45) is 2.06. The fraction of sp³-hybridized carbons (Fsp3) is 0.462. The van der Waals surface area contributed by atoms with Crippen LogP contribution in [0.4, 0.5) is 0 Å². The highest BCUT2D eigenvalue weighted by atomic mass is 16.1. The highest BCUT2D eigenvalue weighted by Gasteiger charge is 2.11. The maximum Gasteiger partial charge on any atom is 0.150 e. The van der Waals surface area contributed by atoms with Crippen molar-refractivity contribution in [2.45, 2.75) is 40.0 Å². The van der Waals surface area contributed by atoms with Crippen molar-refractivity contribution in [1.29, 1.82) is 0 Å². The molecule has 0 heterocycles. The van der Waals surface area contributed by atoms with Gasteiger partial charge in [-0.25, -0.2) is 0 Å². The molecule has 0 saturated heterocycles. The Morgan fingerprint density at radius 3 is 2.50 bits per heavy atom. The van der Waals surface area contributed by atoms with Gasteiger partial charge in [-0.15, -0.1) is 0 Å². The molecule has 1 rings (SSSR count). The van der Waals surface area contributed by atoms with Gasteiger partial charge in [-0.2, -0.15) is 0 Å². The van der Waals surface area contributed by atoms with E-state index in [-0.39, 0.29) is 0 Å². The summed E-state index contributed by atoms with van der Waals surface area (Å²) in [5.41, 5.74) is 4.61. The molecule has 0 fully saturated rings. The van der Waals surface area contributed by atoms with Crippen LogP contribution in [0.2, 0.25) is 0 Å². The summed E-state index contributed by atoms with van der Waals surface area (Å²) in [5, 5.41) is 0. The minimum atomic E-state index is 0.537. The molecule has 0 aliphatic carbocycles. The maximum absolute atomic E-state index is 10.8. The molecule has 1 atom stereocenters. The van der Waals surface area contributed by atoms with Crippen LogP contribution in [0.5, 0.6) is 0 Å². The second kappa shape index (κ2) is 4.41. The van der Waals surface area contributed by atoms with Crippen LogP contribution >= 0.6 is 0 Å². The van der Waals surface area contributed by atoms with Gasteiger partial charge in [0.1, 0.15) is 6.29 Å². The normalized spacial score (nSPS) is 12.6. The molecule has 0 saturated carbocycles. The Balaban J connectivity index is 3.31. The number of benzene rings is 1. The van der Waals surface area contributed by atoms with E-state index >= 15 is 0 Å². The summed E-state index contributed by atoms with van der Waals surface area (Å²) in [4.78, 5) is 10.8. The summed E-state index contributed by atoms with van der Waals surface area (Å²) in [7, 11) is 0. The smallest absolute Gasteiger partial charge is 0.150 e. The Morgan fingerprint density at radius 2 is 2.00 bits per heavy atom. The highest BCUT2D eigenvalue weighted by Crippen LogP contribution is 2.27. The summed E-state index contributed by atoms with van der Waals surface area (Å²) >= 11 is 0. The second-order valence-electron chi connectivity index (χ2n) is 3.94. The van der Waals surface area contributed by atoms with E-state index in [4.69, 9.17) is 0 Å². The van der Waals surface area contributed by atoms with E-state index in [9.17, 15) is 4.79 Å². The topological polar surface area (TPSA) is 17.1 Å². The third-order valence-corrected chi connectivity index (χ3v) is 3.01. The monoisotopic (exact) mass is 190 g/mol. The van der Waals surface area contributed by atoms with Gasteiger partial charge in [-0.3, -0.25) is 4.79 Å². The zero-order chi connectivity index (χ0) is 10.7. The predicted octanol–water partition coefficient (Wildman–Crippen LogP) is 3.63. The molecule has 1 nitrogen and oxygen atoms in total. The fourth-order valence-corrected chi connectivity index (χ4v) is 1.97. The third kappa shape index (κ3) is 1.87. The van der Waals surface area contributed by atoms with Crippen molar-refractivity contribution in [3.8, 4) is 0 Å². The molecule has 0 spiro atoms. The zero-order valence-corrected chi connectivity index (χ0v) is 9.42. The number of hydrogen-bond acceptors (Lipinski definition) is 1. The molecule has 76 valence electrons. The van der Waals surface area contributed by atoms with Crippen molar-refractivity contribution >= 4 is 6.29 Å². The van der Waals surface area contributed by atoms with E-state index in [1.807, 2.05) is 19.1 Å². The molecule has 1 unspecified atom stereocenters. The molecule has 0 bridgehead atoms. The minimum Gasteiger partial charge on any atom is -0.298 e. The van der Waals surface area contributed by atoms with Crippen molar-refractivity contribution in [2.24, 2.45) is 0 Å². The molecular weight excluding hydrogens is 172 g/mol. The van der Waals surface area contributed by atoms with Crippen molar-refractivity contribution in [2.75, 3.05) is 0 Å². The van der Waals surface area contributed by atoms with E-state index in [1.54, 1.807) is 0 Å². The minimum absolute atomic E-state index is 0.537. The van der Waals surface area contributed by atoms with Crippen LogP contribution in [-0.2, 0) is 0 Å². The van der Waals surface area contributed by atoms with Gasteiger partial charge in [0.2, 0.25) is 0 Å². The number of carbonyl (C=O) groups excluding carboxylic acids is 1. The maximum atomic E-state index is 10.8. The van der Waals surface area contributed by atoms with Gasteiger partial charge >= 0.3 is 0 Å². The zero-order valence-electron chi connectivity index (χ0n) is 9.42. The molecule has 14 heavy (non-hydrogen) atoms. The lowest BCUT2D eigenvalue weighted by molar-refractivity contribution is 0.112. The number of aldehydes is 1. The van der Waals surface area contributed by atoms with Gasteiger partial charge in [0.25, 0.3) is 0 Å². The van der Waals surface area contributed by atoms with Crippen molar-refractivity contribution < 1.29 is 4.79 Å². The molecule has 1 aromatic rings. The van der Waals surface area contributed by atoms with E-state index in [0.29, 0.717) is 5.92 Å². The molecule has 0 aromatic heterocycles. The van der Waals surface area contributed by atoms with E-state index in [1.165, 1.54) is 11.1 Å². The molecular formula is C13H18O. The van der Waals surface area contributed by atoms with Crippen molar-refractivity contribution in [1.82, 2.24) is 0 Å². The molecule has 0 amide bonds. The first-order chi connectivity index (χ1) is 6.61. The van der Waals surface area contributed by atoms with Gasteiger partial charge in [0.15, 0.2) is 0 Å². The SMILES string of the molecule is CCC(C)c1c(C)ccc(C=O)c1C. The predicted molar refractivity (Wildman–Crippen MR) is 60.0 cm³/mol. The standard InChI is InChI=1S/C13H18O/c1-5-9(2)13-10(3)6-7-12(8-14)11(13)4/h6-9H,5H2,1-4H3. The molecule has 0 radical (unpaired) electrons. The Kier molecular flexibility index (Phi) is 3.45. The second-order valence-corrected chi connectivity index (χ2v) is 3.94. The average Bonchev–Trinajstić information content (AvgIpc) is 2.18. The van der Waals surface area contributed by atoms with E-state index in [2.05, 4.69) is 20.8 Å². The summed E-state index contributed by atoms with van der Waals surface area (Å²) in [5.74, 6) is 0.537. The number of aryl methyl sites for hydroxylation is 1. The van der Waals surface area contributed by atoms with Crippen LogP contribution in [0.3, 0.4) is 0 Å². The lowest BCUT2D eigenvalue weighted by Crippen LogP contribution is -2.01. The first-order valence-electron chi connectivity index (χ1n) is 5.17.